The number of benzene rings is 1. The molecule has 2 aliphatic rings. The molecule has 0 atom stereocenters. The van der Waals surface area contributed by atoms with E-state index in [1.165, 1.54) is 11.1 Å². The van der Waals surface area contributed by atoms with Crippen LogP contribution in [0.3, 0.4) is 0 Å². The molecule has 0 aliphatic heterocycles. The van der Waals surface area contributed by atoms with E-state index in [9.17, 15) is 4.79 Å². The number of ether oxygens (including phenoxy) is 1. The summed E-state index contributed by atoms with van der Waals surface area (Å²) in [7, 11) is 0. The number of fused-ring (bicyclic) bond motifs is 1. The fourth-order valence-corrected chi connectivity index (χ4v) is 1.09. The van der Waals surface area contributed by atoms with Crippen molar-refractivity contribution in [1.82, 2.24) is 0 Å². The van der Waals surface area contributed by atoms with Gasteiger partial charge in [-0.15, -0.1) is 0 Å². The molecule has 2 aliphatic carbocycles. The maximum atomic E-state index is 10.2. The standard InChI is InChI=1S/C6H4.C4H7BrO2/c1-2-5-4-6(5)3-1;1-2-4(6)7-3-5/h1-4H;2-3H2,1H3. The van der Waals surface area contributed by atoms with E-state index in [1.54, 1.807) is 6.92 Å². The molecular formula is C10H11BrO2. The van der Waals surface area contributed by atoms with Crippen molar-refractivity contribution in [2.24, 2.45) is 0 Å². The Hall–Kier alpha value is -0.830. The van der Waals surface area contributed by atoms with Gasteiger partial charge < -0.3 is 4.74 Å². The van der Waals surface area contributed by atoms with Crippen LogP contribution in [-0.2, 0) is 9.53 Å². The lowest BCUT2D eigenvalue weighted by molar-refractivity contribution is -0.140. The van der Waals surface area contributed by atoms with Crippen LogP contribution >= 0.6 is 15.9 Å². The second-order valence-corrected chi connectivity index (χ2v) is 3.02. The summed E-state index contributed by atoms with van der Waals surface area (Å²) < 4.78 is 4.47. The monoisotopic (exact) mass is 242 g/mol. The Morgan fingerprint density at radius 1 is 1.46 bits per heavy atom. The fraction of sp³-hybridized carbons (Fsp3) is 0.300. The van der Waals surface area contributed by atoms with Gasteiger partial charge in [-0.1, -0.05) is 25.1 Å². The van der Waals surface area contributed by atoms with E-state index in [1.807, 2.05) is 0 Å². The van der Waals surface area contributed by atoms with Crippen LogP contribution in [0.2, 0.25) is 0 Å². The van der Waals surface area contributed by atoms with Crippen LogP contribution in [0.4, 0.5) is 0 Å². The summed E-state index contributed by atoms with van der Waals surface area (Å²) in [5.74, 6) is -0.170. The second kappa shape index (κ2) is 5.02. The van der Waals surface area contributed by atoms with E-state index >= 15 is 0 Å². The Balaban J connectivity index is 0.000000130. The van der Waals surface area contributed by atoms with Gasteiger partial charge >= 0.3 is 5.97 Å². The van der Waals surface area contributed by atoms with Crippen molar-refractivity contribution < 1.29 is 9.53 Å². The zero-order valence-electron chi connectivity index (χ0n) is 7.42. The molecule has 0 amide bonds. The third kappa shape index (κ3) is 3.59. The molecule has 70 valence electrons. The van der Waals surface area contributed by atoms with E-state index < -0.39 is 0 Å². The minimum atomic E-state index is -0.170. The van der Waals surface area contributed by atoms with Gasteiger partial charge in [0.1, 0.15) is 5.52 Å². The lowest BCUT2D eigenvalue weighted by Gasteiger charge is -1.92. The largest absolute Gasteiger partial charge is 0.454 e. The predicted molar refractivity (Wildman–Crippen MR) is 55.6 cm³/mol. The van der Waals surface area contributed by atoms with Crippen molar-refractivity contribution >= 4 is 21.9 Å². The molecule has 0 heterocycles. The Bertz CT molecular complexity index is 279. The number of alkyl halides is 1. The first-order valence-corrected chi connectivity index (χ1v) is 5.22. The smallest absolute Gasteiger partial charge is 0.306 e. The van der Waals surface area contributed by atoms with Crippen molar-refractivity contribution in [1.29, 1.82) is 0 Å². The minimum Gasteiger partial charge on any atom is -0.454 e. The fourth-order valence-electron chi connectivity index (χ4n) is 0.838. The summed E-state index contributed by atoms with van der Waals surface area (Å²) in [5, 5.41) is 0. The Labute approximate surface area is 86.0 Å². The van der Waals surface area contributed by atoms with Crippen LogP contribution in [0.25, 0.3) is 11.1 Å². The molecule has 0 aromatic rings. The topological polar surface area (TPSA) is 26.3 Å². The van der Waals surface area contributed by atoms with Crippen molar-refractivity contribution in [2.45, 2.75) is 13.3 Å². The molecule has 0 spiro atoms. The van der Waals surface area contributed by atoms with Gasteiger partial charge in [0.05, 0.1) is 0 Å². The molecule has 2 rings (SSSR count). The molecule has 0 saturated heterocycles. The third-order valence-corrected chi connectivity index (χ3v) is 1.85. The van der Waals surface area contributed by atoms with Crippen LogP contribution in [-0.4, -0.2) is 11.5 Å². The van der Waals surface area contributed by atoms with E-state index in [0.717, 1.165) is 0 Å². The van der Waals surface area contributed by atoms with E-state index in [-0.39, 0.29) is 5.97 Å². The predicted octanol–water partition coefficient (Wildman–Crippen LogP) is 2.96. The molecule has 0 fully saturated rings. The highest BCUT2D eigenvalue weighted by atomic mass is 79.9. The summed E-state index contributed by atoms with van der Waals surface area (Å²) in [4.78, 5) is 10.2. The molecule has 0 bridgehead atoms. The molecule has 0 unspecified atom stereocenters. The Morgan fingerprint density at radius 2 is 2.08 bits per heavy atom. The van der Waals surface area contributed by atoms with Gasteiger partial charge in [-0.25, -0.2) is 0 Å². The summed E-state index contributed by atoms with van der Waals surface area (Å²) in [6.07, 6.45) is 0.450. The van der Waals surface area contributed by atoms with Gasteiger partial charge in [0, 0.05) is 6.42 Å². The van der Waals surface area contributed by atoms with Gasteiger partial charge in [-0.2, -0.15) is 0 Å². The molecule has 0 radical (unpaired) electrons. The lowest BCUT2D eigenvalue weighted by Crippen LogP contribution is -1.98. The van der Waals surface area contributed by atoms with E-state index in [0.29, 0.717) is 11.9 Å². The van der Waals surface area contributed by atoms with Gasteiger partial charge in [0.15, 0.2) is 0 Å². The molecule has 0 aromatic carbocycles. The quantitative estimate of drug-likeness (QED) is 0.598. The average molecular weight is 243 g/mol. The van der Waals surface area contributed by atoms with Gasteiger partial charge in [-0.05, 0) is 33.1 Å². The first-order chi connectivity index (χ1) is 6.27. The minimum absolute atomic E-state index is 0.170. The Morgan fingerprint density at radius 3 is 2.23 bits per heavy atom. The van der Waals surface area contributed by atoms with Crippen LogP contribution in [0.5, 0.6) is 0 Å². The number of carbonyl (C=O) groups is 1. The SMILES string of the molecule is CCC(=O)OCBr.c1cc2cc-2c1. The number of rotatable bonds is 2. The van der Waals surface area contributed by atoms with E-state index in [4.69, 9.17) is 0 Å². The van der Waals surface area contributed by atoms with Crippen molar-refractivity contribution in [2.75, 3.05) is 5.52 Å². The van der Waals surface area contributed by atoms with E-state index in [2.05, 4.69) is 44.9 Å². The highest BCUT2D eigenvalue weighted by Crippen LogP contribution is 2.32. The Kier molecular flexibility index (Phi) is 3.96. The number of hydrogen-bond acceptors (Lipinski definition) is 2. The summed E-state index contributed by atoms with van der Waals surface area (Å²) in [6.45, 7) is 1.75. The summed E-state index contributed by atoms with van der Waals surface area (Å²) in [6, 6.07) is 8.48. The first kappa shape index (κ1) is 10.3. The molecule has 0 aromatic heterocycles. The zero-order valence-corrected chi connectivity index (χ0v) is 9.00. The number of hydrogen-bond donors (Lipinski definition) is 0. The van der Waals surface area contributed by atoms with Crippen LogP contribution < -0.4 is 0 Å². The molecule has 0 saturated carbocycles. The summed E-state index contributed by atoms with van der Waals surface area (Å²) >= 11 is 2.95. The molecule has 2 nitrogen and oxygen atoms in total. The second-order valence-electron chi connectivity index (χ2n) is 2.56. The highest BCUT2D eigenvalue weighted by Gasteiger charge is 2.06. The molecule has 0 N–H and O–H groups in total. The zero-order chi connectivity index (χ0) is 9.68. The normalized spacial score (nSPS) is 9.69. The number of carbonyl (C=O) groups excluding carboxylic acids is 1. The van der Waals surface area contributed by atoms with Crippen LogP contribution in [0.1, 0.15) is 13.3 Å². The molecular weight excluding hydrogens is 232 g/mol. The van der Waals surface area contributed by atoms with Crippen molar-refractivity contribution in [3.05, 3.63) is 24.3 Å². The molecule has 3 heteroatoms. The highest BCUT2D eigenvalue weighted by molar-refractivity contribution is 9.09. The first-order valence-electron chi connectivity index (χ1n) is 4.10. The molecule has 13 heavy (non-hydrogen) atoms. The maximum absolute atomic E-state index is 10.2. The van der Waals surface area contributed by atoms with Gasteiger partial charge in [-0.3, -0.25) is 4.79 Å². The number of halogens is 1. The maximum Gasteiger partial charge on any atom is 0.306 e. The average Bonchev–Trinajstić information content (AvgIpc) is 2.75. The number of esters is 1. The van der Waals surface area contributed by atoms with Gasteiger partial charge in [0.2, 0.25) is 0 Å². The van der Waals surface area contributed by atoms with Crippen LogP contribution in [0.15, 0.2) is 24.3 Å². The van der Waals surface area contributed by atoms with Crippen LogP contribution in [0, 0.1) is 0 Å². The van der Waals surface area contributed by atoms with Crippen molar-refractivity contribution in [3.8, 4) is 11.1 Å². The summed E-state index contributed by atoms with van der Waals surface area (Å²) in [5.41, 5.74) is 3.16. The van der Waals surface area contributed by atoms with Gasteiger partial charge in [0.25, 0.3) is 0 Å². The van der Waals surface area contributed by atoms with Crippen molar-refractivity contribution in [3.63, 3.8) is 0 Å². The third-order valence-electron chi connectivity index (χ3n) is 1.62. The lowest BCUT2D eigenvalue weighted by atomic mass is 10.5.